The van der Waals surface area contributed by atoms with Crippen LogP contribution in [0.4, 0.5) is 0 Å². The van der Waals surface area contributed by atoms with Gasteiger partial charge in [-0.1, -0.05) is 45.4 Å². The molecule has 0 saturated carbocycles. The van der Waals surface area contributed by atoms with Crippen molar-refractivity contribution in [1.29, 1.82) is 0 Å². The number of nitrogens with two attached hydrogens (primary N) is 8. The summed E-state index contributed by atoms with van der Waals surface area (Å²) in [7, 11) is 0. The maximum Gasteiger partial charge on any atom is 0.246 e. The molecule has 24 N–H and O–H groups in total. The number of ketones is 1. The Morgan fingerprint density at radius 2 is 0.952 bits per heavy atom. The summed E-state index contributed by atoms with van der Waals surface area (Å²) < 4.78 is 10.9. The molecule has 7 atom stereocenters. The third-order valence-corrected chi connectivity index (χ3v) is 13.0. The Morgan fingerprint density at radius 1 is 0.494 bits per heavy atom. The molecule has 0 aromatic carbocycles. The Labute approximate surface area is 486 Å². The second-order valence-corrected chi connectivity index (χ2v) is 20.2. The van der Waals surface area contributed by atoms with E-state index in [2.05, 4.69) is 64.4 Å². The Kier molecular flexibility index (Phi) is 39.2. The molecular formula is C52H97N19O12. The van der Waals surface area contributed by atoms with Crippen LogP contribution in [0.25, 0.3) is 0 Å². The zero-order valence-electron chi connectivity index (χ0n) is 48.6. The quantitative estimate of drug-likeness (QED) is 0.0156. The number of guanidine groups is 3. The van der Waals surface area contributed by atoms with Crippen LogP contribution in [0.3, 0.4) is 0 Å². The average molecular weight is 1180 g/mol. The zero-order chi connectivity index (χ0) is 62.0. The largest absolute Gasteiger partial charge is 0.379 e. The van der Waals surface area contributed by atoms with Crippen LogP contribution < -0.4 is 88.4 Å². The smallest absolute Gasteiger partial charge is 0.246 e. The van der Waals surface area contributed by atoms with Crippen LogP contribution in [0.1, 0.15) is 149 Å². The number of aliphatic imine (C=N–C) groups is 3. The summed E-state index contributed by atoms with van der Waals surface area (Å²) in [6.45, 7) is 3.42. The molecule has 0 aliphatic carbocycles. The van der Waals surface area contributed by atoms with Gasteiger partial charge in [-0.2, -0.15) is 0 Å². The number of primary amides is 1. The number of Topliss-reactive ketones (excluding diaryl/α,β-unsaturated/α-hetero) is 1. The molecule has 1 heterocycles. The van der Waals surface area contributed by atoms with Crippen LogP contribution >= 0.6 is 0 Å². The highest BCUT2D eigenvalue weighted by atomic mass is 16.5. The molecule has 31 heteroatoms. The highest BCUT2D eigenvalue weighted by Gasteiger charge is 2.35. The van der Waals surface area contributed by atoms with Crippen LogP contribution in [-0.2, 0) is 57.4 Å². The molecule has 0 aromatic heterocycles. The molecule has 83 heavy (non-hydrogen) atoms. The Hall–Kier alpha value is -7.41. The molecule has 31 nitrogen and oxygen atoms in total. The van der Waals surface area contributed by atoms with Gasteiger partial charge in [0.05, 0.1) is 13.2 Å². The first kappa shape index (κ1) is 73.6. The number of unbranched alkanes of at least 4 members (excludes halogenated alkanes) is 7. The van der Waals surface area contributed by atoms with E-state index < -0.39 is 102 Å². The van der Waals surface area contributed by atoms with E-state index in [9.17, 15) is 47.9 Å². The molecule has 1 fully saturated rings. The Bertz CT molecular complexity index is 2120. The number of carbonyl (C=O) groups is 10. The molecule has 472 valence electrons. The van der Waals surface area contributed by atoms with Crippen LogP contribution in [0.15, 0.2) is 15.0 Å². The Morgan fingerprint density at radius 3 is 1.46 bits per heavy atom. The van der Waals surface area contributed by atoms with E-state index in [1.807, 2.05) is 0 Å². The summed E-state index contributed by atoms with van der Waals surface area (Å²) in [5.74, 6) is -7.87. The third kappa shape index (κ3) is 35.9. The summed E-state index contributed by atoms with van der Waals surface area (Å²) in [4.78, 5) is 148. The summed E-state index contributed by atoms with van der Waals surface area (Å²) in [6, 6.07) is -9.40. The fraction of sp³-hybridized carbons (Fsp3) is 0.750. The maximum atomic E-state index is 14.5. The molecular weight excluding hydrogens is 1080 g/mol. The van der Waals surface area contributed by atoms with Crippen molar-refractivity contribution in [2.24, 2.45) is 60.8 Å². The van der Waals surface area contributed by atoms with Gasteiger partial charge >= 0.3 is 0 Å². The lowest BCUT2D eigenvalue weighted by atomic mass is 10.0. The molecule has 1 unspecified atom stereocenters. The number of amides is 9. The van der Waals surface area contributed by atoms with Crippen molar-refractivity contribution < 1.29 is 57.4 Å². The first-order valence-corrected chi connectivity index (χ1v) is 28.8. The minimum Gasteiger partial charge on any atom is -0.379 e. The van der Waals surface area contributed by atoms with E-state index in [0.717, 1.165) is 38.5 Å². The number of carbonyl (C=O) groups excluding carboxylic acids is 10. The lowest BCUT2D eigenvalue weighted by Crippen LogP contribution is -2.62. The van der Waals surface area contributed by atoms with E-state index in [1.54, 1.807) is 0 Å². The second kappa shape index (κ2) is 44.2. The lowest BCUT2D eigenvalue weighted by Gasteiger charge is -2.29. The SMILES string of the molecule is CCCCCCCCCC(=O)NC[C@@H]1NC(=O)[C@H](CCC(=O)CCCOCCOCC(=O)NC(CCCCN)C(N)=O)NC(=O)[C@H](C)NC(=O)[C@H](CCCN=C(N)N)NC(=O)[C@H](CCCN=C(N)N)NC(=O)[C@H](CCCN=C(N)N)NC1=O. The van der Waals surface area contributed by atoms with E-state index in [0.29, 0.717) is 32.2 Å². The number of nitrogens with zero attached hydrogens (tertiary/aromatic N) is 3. The number of hydrogen-bond donors (Lipinski definition) is 16. The average Bonchev–Trinajstić information content (AvgIpc) is 3.44. The standard InChI is InChI=1S/C52H97N19O12/c1-3-4-5-6-7-8-9-21-41(73)64-31-40-49(81)70-38(20-14-27-63-52(59)60)47(79)69-37(19-13-26-62-51(57)58)46(78)68-36(18-12-25-61-50(55)56)45(77)65-33(2)44(76)67-39(48(80)71-40)23-22-34(72)16-15-28-82-29-30-83-32-42(74)66-35(43(54)75)17-10-11-24-53/h33,35-40H,3-32,53H2,1-2H3,(H2,54,75)(H,64,73)(H,65,77)(H,66,74)(H,67,76)(H,68,78)(H,69,79)(H,70,81)(H,71,80)(H4,55,56,61)(H4,57,58,62)(H4,59,60,63)/t33-,35?,36-,37-,38-,39-,40-/m0/s1. The third-order valence-electron chi connectivity index (χ3n) is 13.0. The fourth-order valence-corrected chi connectivity index (χ4v) is 8.31. The van der Waals surface area contributed by atoms with Crippen molar-refractivity contribution in [2.75, 3.05) is 59.2 Å². The molecule has 1 rings (SSSR count). The van der Waals surface area contributed by atoms with E-state index in [4.69, 9.17) is 55.3 Å². The van der Waals surface area contributed by atoms with Gasteiger partial charge < -0.3 is 97.9 Å². The minimum absolute atomic E-state index is 0.00741. The van der Waals surface area contributed by atoms with Crippen molar-refractivity contribution >= 4 is 76.8 Å². The molecule has 0 radical (unpaired) electrons. The predicted octanol–water partition coefficient (Wildman–Crippen LogP) is -4.39. The summed E-state index contributed by atoms with van der Waals surface area (Å²) in [6.07, 6.45) is 8.26. The second-order valence-electron chi connectivity index (χ2n) is 20.2. The Balaban J connectivity index is 3.54. The van der Waals surface area contributed by atoms with Gasteiger partial charge in [0.15, 0.2) is 17.9 Å². The van der Waals surface area contributed by atoms with Crippen molar-refractivity contribution in [1.82, 2.24) is 42.5 Å². The van der Waals surface area contributed by atoms with Crippen molar-refractivity contribution in [3.05, 3.63) is 0 Å². The van der Waals surface area contributed by atoms with Crippen molar-refractivity contribution in [3.63, 3.8) is 0 Å². The summed E-state index contributed by atoms with van der Waals surface area (Å²) in [5.41, 5.74) is 44.0. The highest BCUT2D eigenvalue weighted by Crippen LogP contribution is 2.11. The zero-order valence-corrected chi connectivity index (χ0v) is 48.6. The fourth-order valence-electron chi connectivity index (χ4n) is 8.31. The van der Waals surface area contributed by atoms with Gasteiger partial charge in [-0.05, 0) is 90.5 Å². The van der Waals surface area contributed by atoms with Gasteiger partial charge in [-0.3, -0.25) is 62.9 Å². The molecule has 1 saturated heterocycles. The normalized spacial score (nSPS) is 19.4. The van der Waals surface area contributed by atoms with Crippen molar-refractivity contribution in [2.45, 2.75) is 191 Å². The first-order valence-electron chi connectivity index (χ1n) is 28.8. The van der Waals surface area contributed by atoms with Crippen LogP contribution in [-0.4, -0.2) is 178 Å². The lowest BCUT2D eigenvalue weighted by molar-refractivity contribution is -0.137. The number of ether oxygens (including phenoxy) is 2. The first-order chi connectivity index (χ1) is 39.6. The van der Waals surface area contributed by atoms with E-state index in [-0.39, 0.29) is 140 Å². The van der Waals surface area contributed by atoms with Gasteiger partial charge in [-0.25, -0.2) is 0 Å². The van der Waals surface area contributed by atoms with Crippen LogP contribution in [0.2, 0.25) is 0 Å². The van der Waals surface area contributed by atoms with Gasteiger partial charge in [0, 0.05) is 52.0 Å². The van der Waals surface area contributed by atoms with Crippen LogP contribution in [0.5, 0.6) is 0 Å². The topological polar surface area (TPSA) is 531 Å². The van der Waals surface area contributed by atoms with E-state index >= 15 is 0 Å². The monoisotopic (exact) mass is 1180 g/mol. The van der Waals surface area contributed by atoms with Gasteiger partial charge in [-0.15, -0.1) is 0 Å². The summed E-state index contributed by atoms with van der Waals surface area (Å²) >= 11 is 0. The number of rotatable bonds is 40. The van der Waals surface area contributed by atoms with E-state index in [1.165, 1.54) is 6.92 Å². The number of hydrogen-bond acceptors (Lipinski definition) is 16. The molecule has 0 bridgehead atoms. The maximum absolute atomic E-state index is 14.5. The van der Waals surface area contributed by atoms with Crippen molar-refractivity contribution in [3.8, 4) is 0 Å². The molecule has 9 amide bonds. The summed E-state index contributed by atoms with van der Waals surface area (Å²) in [5, 5.41) is 20.9. The molecule has 0 spiro atoms. The van der Waals surface area contributed by atoms with Crippen LogP contribution in [0, 0.1) is 0 Å². The molecule has 1 aliphatic rings. The number of nitrogens with one attached hydrogen (secondary N) is 8. The highest BCUT2D eigenvalue weighted by molar-refractivity contribution is 5.98. The molecule has 1 aliphatic heterocycles. The molecule has 0 aromatic rings. The van der Waals surface area contributed by atoms with Gasteiger partial charge in [0.25, 0.3) is 0 Å². The minimum atomic E-state index is -1.58. The van der Waals surface area contributed by atoms with Gasteiger partial charge in [0.2, 0.25) is 53.2 Å². The predicted molar refractivity (Wildman–Crippen MR) is 312 cm³/mol. The van der Waals surface area contributed by atoms with Gasteiger partial charge in [0.1, 0.15) is 54.7 Å².